The summed E-state index contributed by atoms with van der Waals surface area (Å²) in [6, 6.07) is 2.22. The van der Waals surface area contributed by atoms with Gasteiger partial charge in [-0.3, -0.25) is 0 Å². The summed E-state index contributed by atoms with van der Waals surface area (Å²) in [6.45, 7) is 2.25. The minimum atomic E-state index is 0.749. The average molecular weight is 272 g/mol. The van der Waals surface area contributed by atoms with E-state index in [0.29, 0.717) is 0 Å². The van der Waals surface area contributed by atoms with Crippen LogP contribution in [0.2, 0.25) is 0 Å². The molecule has 0 aromatic carbocycles. The first-order valence-corrected chi connectivity index (χ1v) is 8.15. The van der Waals surface area contributed by atoms with Crippen molar-refractivity contribution < 1.29 is 0 Å². The van der Waals surface area contributed by atoms with Crippen LogP contribution in [-0.4, -0.2) is 19.0 Å². The quantitative estimate of drug-likeness (QED) is 0.611. The molecule has 3 heteroatoms. The van der Waals surface area contributed by atoms with Gasteiger partial charge < -0.3 is 5.32 Å². The second-order valence-corrected chi connectivity index (χ2v) is 6.13. The van der Waals surface area contributed by atoms with Gasteiger partial charge in [0, 0.05) is 5.88 Å². The summed E-state index contributed by atoms with van der Waals surface area (Å²) < 4.78 is 0. The molecule has 0 amide bonds. The van der Waals surface area contributed by atoms with E-state index in [1.165, 1.54) is 31.2 Å². The first kappa shape index (κ1) is 13.4. The van der Waals surface area contributed by atoms with Crippen molar-refractivity contribution >= 4 is 22.9 Å². The number of rotatable bonds is 6. The summed E-state index contributed by atoms with van der Waals surface area (Å²) in [6.07, 6.45) is 6.62. The summed E-state index contributed by atoms with van der Waals surface area (Å²) >= 11 is 7.83. The second-order valence-electron chi connectivity index (χ2n) is 5.04. The van der Waals surface area contributed by atoms with Crippen LogP contribution in [0.1, 0.15) is 31.2 Å². The molecule has 1 saturated carbocycles. The lowest BCUT2D eigenvalue weighted by Crippen LogP contribution is -2.32. The van der Waals surface area contributed by atoms with Crippen LogP contribution >= 0.6 is 22.9 Å². The predicted molar refractivity (Wildman–Crippen MR) is 77.1 cm³/mol. The van der Waals surface area contributed by atoms with Gasteiger partial charge in [0.25, 0.3) is 0 Å². The molecule has 0 aliphatic heterocycles. The van der Waals surface area contributed by atoms with Gasteiger partial charge in [-0.05, 0) is 66.6 Å². The van der Waals surface area contributed by atoms with Gasteiger partial charge in [-0.1, -0.05) is 12.8 Å². The summed E-state index contributed by atoms with van der Waals surface area (Å²) in [5.74, 6) is 2.40. The van der Waals surface area contributed by atoms with Gasteiger partial charge in [0.15, 0.2) is 0 Å². The zero-order chi connectivity index (χ0) is 11.9. The molecule has 2 unspecified atom stereocenters. The zero-order valence-electron chi connectivity index (χ0n) is 10.3. The molecule has 1 aromatic heterocycles. The maximum Gasteiger partial charge on any atom is 0.0254 e. The van der Waals surface area contributed by atoms with Gasteiger partial charge in [-0.15, -0.1) is 11.6 Å². The Morgan fingerprint density at radius 2 is 2.12 bits per heavy atom. The Morgan fingerprint density at radius 1 is 1.29 bits per heavy atom. The van der Waals surface area contributed by atoms with Crippen molar-refractivity contribution in [2.45, 2.75) is 32.1 Å². The highest BCUT2D eigenvalue weighted by molar-refractivity contribution is 7.07. The van der Waals surface area contributed by atoms with Gasteiger partial charge in [0.2, 0.25) is 0 Å². The van der Waals surface area contributed by atoms with Crippen LogP contribution in [0.3, 0.4) is 0 Å². The molecular weight excluding hydrogens is 250 g/mol. The minimum Gasteiger partial charge on any atom is -0.316 e. The lowest BCUT2D eigenvalue weighted by atomic mass is 9.80. The standard InChI is InChI=1S/C14H22ClNS/c15-9-13-3-1-2-4-14(13)10-16-7-5-12-6-8-17-11-12/h6,8,11,13-14,16H,1-5,7,9-10H2. The van der Waals surface area contributed by atoms with Crippen molar-refractivity contribution in [3.63, 3.8) is 0 Å². The molecule has 2 atom stereocenters. The third-order valence-corrected chi connectivity index (χ3v) is 4.97. The summed E-state index contributed by atoms with van der Waals surface area (Å²) in [5, 5.41) is 8.00. The fourth-order valence-corrected chi connectivity index (χ4v) is 3.82. The summed E-state index contributed by atoms with van der Waals surface area (Å²) in [7, 11) is 0. The number of hydrogen-bond donors (Lipinski definition) is 1. The molecule has 1 aliphatic carbocycles. The van der Waals surface area contributed by atoms with Gasteiger partial charge in [0.05, 0.1) is 0 Å². The highest BCUT2D eigenvalue weighted by Gasteiger charge is 2.23. The molecule has 1 nitrogen and oxygen atoms in total. The van der Waals surface area contributed by atoms with Crippen molar-refractivity contribution in [2.24, 2.45) is 11.8 Å². The maximum atomic E-state index is 6.04. The SMILES string of the molecule is ClCC1CCCCC1CNCCc1ccsc1. The Balaban J connectivity index is 1.63. The maximum absolute atomic E-state index is 6.04. The molecule has 96 valence electrons. The number of alkyl halides is 1. The van der Waals surface area contributed by atoms with Crippen molar-refractivity contribution in [3.8, 4) is 0 Å². The zero-order valence-corrected chi connectivity index (χ0v) is 11.9. The Morgan fingerprint density at radius 3 is 2.82 bits per heavy atom. The Bertz CT molecular complexity index is 299. The average Bonchev–Trinajstić information content (AvgIpc) is 2.88. The van der Waals surface area contributed by atoms with Gasteiger partial charge in [-0.25, -0.2) is 0 Å². The van der Waals surface area contributed by atoms with Crippen LogP contribution in [0, 0.1) is 11.8 Å². The molecule has 0 saturated heterocycles. The second kappa shape index (κ2) is 7.40. The van der Waals surface area contributed by atoms with E-state index in [0.717, 1.165) is 37.2 Å². The molecule has 1 fully saturated rings. The molecule has 17 heavy (non-hydrogen) atoms. The van der Waals surface area contributed by atoms with E-state index in [-0.39, 0.29) is 0 Å². The third-order valence-electron chi connectivity index (χ3n) is 3.84. The van der Waals surface area contributed by atoms with E-state index in [4.69, 9.17) is 11.6 Å². The smallest absolute Gasteiger partial charge is 0.0254 e. The van der Waals surface area contributed by atoms with Crippen LogP contribution in [0.15, 0.2) is 16.8 Å². The van der Waals surface area contributed by atoms with Crippen LogP contribution in [0.5, 0.6) is 0 Å². The first-order valence-electron chi connectivity index (χ1n) is 6.68. The number of thiophene rings is 1. The van der Waals surface area contributed by atoms with Gasteiger partial charge in [-0.2, -0.15) is 11.3 Å². The molecule has 0 bridgehead atoms. The van der Waals surface area contributed by atoms with Crippen molar-refractivity contribution in [1.82, 2.24) is 5.32 Å². The van der Waals surface area contributed by atoms with Crippen molar-refractivity contribution in [2.75, 3.05) is 19.0 Å². The monoisotopic (exact) mass is 271 g/mol. The fourth-order valence-electron chi connectivity index (χ4n) is 2.71. The van der Waals surface area contributed by atoms with Crippen molar-refractivity contribution in [1.29, 1.82) is 0 Å². The lowest BCUT2D eigenvalue weighted by Gasteiger charge is -2.30. The Hall–Kier alpha value is -0.0500. The van der Waals surface area contributed by atoms with Crippen LogP contribution < -0.4 is 5.32 Å². The van der Waals surface area contributed by atoms with Gasteiger partial charge in [0.1, 0.15) is 0 Å². The molecule has 1 N–H and O–H groups in total. The number of halogens is 1. The summed E-state index contributed by atoms with van der Waals surface area (Å²) in [5.41, 5.74) is 1.46. The van der Waals surface area contributed by atoms with E-state index < -0.39 is 0 Å². The van der Waals surface area contributed by atoms with E-state index in [1.54, 1.807) is 11.3 Å². The number of nitrogens with one attached hydrogen (secondary N) is 1. The molecular formula is C14H22ClNS. The highest BCUT2D eigenvalue weighted by atomic mass is 35.5. The normalized spacial score (nSPS) is 25.0. The van der Waals surface area contributed by atoms with Gasteiger partial charge >= 0.3 is 0 Å². The van der Waals surface area contributed by atoms with Crippen LogP contribution in [0.4, 0.5) is 0 Å². The highest BCUT2D eigenvalue weighted by Crippen LogP contribution is 2.30. The van der Waals surface area contributed by atoms with E-state index >= 15 is 0 Å². The van der Waals surface area contributed by atoms with Crippen molar-refractivity contribution in [3.05, 3.63) is 22.4 Å². The minimum absolute atomic E-state index is 0.749. The van der Waals surface area contributed by atoms with E-state index in [9.17, 15) is 0 Å². The molecule has 0 radical (unpaired) electrons. The first-order chi connectivity index (χ1) is 8.40. The molecule has 1 aliphatic rings. The third kappa shape index (κ3) is 4.27. The Labute approximate surface area is 114 Å². The largest absolute Gasteiger partial charge is 0.316 e. The van der Waals surface area contributed by atoms with E-state index in [1.807, 2.05) is 0 Å². The lowest BCUT2D eigenvalue weighted by molar-refractivity contribution is 0.251. The fraction of sp³-hybridized carbons (Fsp3) is 0.714. The molecule has 1 aromatic rings. The Kier molecular flexibility index (Phi) is 5.82. The summed E-state index contributed by atoms with van der Waals surface area (Å²) in [4.78, 5) is 0. The predicted octanol–water partition coefficient (Wildman–Crippen LogP) is 3.93. The molecule has 2 rings (SSSR count). The number of hydrogen-bond acceptors (Lipinski definition) is 2. The van der Waals surface area contributed by atoms with Crippen LogP contribution in [-0.2, 0) is 6.42 Å². The molecule has 0 spiro atoms. The van der Waals surface area contributed by atoms with E-state index in [2.05, 4.69) is 22.1 Å². The van der Waals surface area contributed by atoms with Crippen LogP contribution in [0.25, 0.3) is 0 Å². The molecule has 1 heterocycles. The topological polar surface area (TPSA) is 12.0 Å².